The summed E-state index contributed by atoms with van der Waals surface area (Å²) >= 11 is 2.23. The van der Waals surface area contributed by atoms with Crippen molar-refractivity contribution < 1.29 is 14.3 Å². The maximum Gasteiger partial charge on any atom is 0.244 e. The summed E-state index contributed by atoms with van der Waals surface area (Å²) in [5.41, 5.74) is 5.50. The Bertz CT molecular complexity index is 1300. The molecule has 0 bridgehead atoms. The highest BCUT2D eigenvalue weighted by Gasteiger charge is 2.12. The van der Waals surface area contributed by atoms with Crippen LogP contribution in [-0.2, 0) is 17.8 Å². The lowest BCUT2D eigenvalue weighted by Gasteiger charge is -2.14. The Morgan fingerprint density at radius 1 is 0.971 bits per heavy atom. The molecule has 0 spiro atoms. The molecular formula is C28H25IN2O3. The third-order valence-corrected chi connectivity index (χ3v) is 5.99. The lowest BCUT2D eigenvalue weighted by Crippen LogP contribution is -2.19. The molecule has 0 aromatic heterocycles. The van der Waals surface area contributed by atoms with Gasteiger partial charge in [-0.2, -0.15) is 5.10 Å². The van der Waals surface area contributed by atoms with E-state index < -0.39 is 0 Å². The zero-order valence-corrected chi connectivity index (χ0v) is 21.0. The number of hydrogen-bond acceptors (Lipinski definition) is 4. The Kier molecular flexibility index (Phi) is 8.14. The van der Waals surface area contributed by atoms with E-state index in [1.165, 1.54) is 0 Å². The van der Waals surface area contributed by atoms with Gasteiger partial charge in [0.25, 0.3) is 0 Å². The zero-order chi connectivity index (χ0) is 23.8. The molecule has 5 nitrogen and oxygen atoms in total. The van der Waals surface area contributed by atoms with Crippen molar-refractivity contribution in [3.63, 3.8) is 0 Å². The number of fused-ring (bicyclic) bond motifs is 1. The molecule has 172 valence electrons. The van der Waals surface area contributed by atoms with Gasteiger partial charge in [-0.3, -0.25) is 4.79 Å². The van der Waals surface area contributed by atoms with Crippen molar-refractivity contribution in [2.45, 2.75) is 20.0 Å². The first-order valence-electron chi connectivity index (χ1n) is 11.1. The molecule has 4 rings (SSSR count). The fourth-order valence-electron chi connectivity index (χ4n) is 3.63. The molecule has 4 aromatic carbocycles. The number of carbonyl (C=O) groups is 1. The normalized spacial score (nSPS) is 11.0. The van der Waals surface area contributed by atoms with Gasteiger partial charge < -0.3 is 9.47 Å². The molecule has 0 atom stereocenters. The number of ether oxygens (including phenoxy) is 2. The summed E-state index contributed by atoms with van der Waals surface area (Å²) in [5, 5.41) is 6.35. The van der Waals surface area contributed by atoms with E-state index in [4.69, 9.17) is 9.47 Å². The smallest absolute Gasteiger partial charge is 0.244 e. The topological polar surface area (TPSA) is 59.9 Å². The van der Waals surface area contributed by atoms with E-state index in [0.29, 0.717) is 24.7 Å². The number of nitrogens with zero attached hydrogens (tertiary/aromatic N) is 1. The van der Waals surface area contributed by atoms with Crippen LogP contribution in [0.3, 0.4) is 0 Å². The molecule has 1 amide bonds. The van der Waals surface area contributed by atoms with Crippen LogP contribution in [0.15, 0.2) is 90.0 Å². The largest absolute Gasteiger partial charge is 0.490 e. The Hall–Kier alpha value is -3.39. The van der Waals surface area contributed by atoms with Crippen molar-refractivity contribution >= 4 is 45.5 Å². The van der Waals surface area contributed by atoms with Gasteiger partial charge in [-0.1, -0.05) is 72.8 Å². The Morgan fingerprint density at radius 2 is 1.74 bits per heavy atom. The summed E-state index contributed by atoms with van der Waals surface area (Å²) in [6.45, 7) is 2.90. The SMILES string of the molecule is CCOc1cc(/C=N\NC(=O)Cc2cccc3ccccc23)cc(I)c1OCc1ccccc1. The highest BCUT2D eigenvalue weighted by molar-refractivity contribution is 14.1. The molecule has 4 aromatic rings. The molecule has 0 heterocycles. The number of hydrazone groups is 1. The van der Waals surface area contributed by atoms with Crippen LogP contribution >= 0.6 is 22.6 Å². The van der Waals surface area contributed by atoms with Crippen molar-refractivity contribution in [3.05, 3.63) is 105 Å². The average molecular weight is 564 g/mol. The van der Waals surface area contributed by atoms with Gasteiger partial charge in [-0.05, 0) is 69.1 Å². The van der Waals surface area contributed by atoms with E-state index in [2.05, 4.69) is 33.1 Å². The molecule has 0 unspecified atom stereocenters. The molecule has 1 N–H and O–H groups in total. The summed E-state index contributed by atoms with van der Waals surface area (Å²) in [6.07, 6.45) is 1.87. The molecular weight excluding hydrogens is 539 g/mol. The number of amides is 1. The third-order valence-electron chi connectivity index (χ3n) is 5.19. The van der Waals surface area contributed by atoms with Crippen molar-refractivity contribution in [2.75, 3.05) is 6.61 Å². The zero-order valence-electron chi connectivity index (χ0n) is 18.8. The van der Waals surface area contributed by atoms with E-state index >= 15 is 0 Å². The second-order valence-electron chi connectivity index (χ2n) is 7.65. The Balaban J connectivity index is 1.43. The molecule has 0 aliphatic rings. The maximum atomic E-state index is 12.5. The highest BCUT2D eigenvalue weighted by Crippen LogP contribution is 2.34. The molecule has 0 fully saturated rings. The van der Waals surface area contributed by atoms with Gasteiger partial charge in [0, 0.05) is 0 Å². The second kappa shape index (κ2) is 11.7. The lowest BCUT2D eigenvalue weighted by molar-refractivity contribution is -0.120. The van der Waals surface area contributed by atoms with Gasteiger partial charge in [0.2, 0.25) is 5.91 Å². The highest BCUT2D eigenvalue weighted by atomic mass is 127. The van der Waals surface area contributed by atoms with Crippen molar-refractivity contribution in [3.8, 4) is 11.5 Å². The summed E-state index contributed by atoms with van der Waals surface area (Å²) in [5.74, 6) is 1.17. The first-order chi connectivity index (χ1) is 16.6. The summed E-state index contributed by atoms with van der Waals surface area (Å²) in [6, 6.07) is 27.8. The number of rotatable bonds is 9. The van der Waals surface area contributed by atoms with E-state index in [-0.39, 0.29) is 12.3 Å². The molecule has 6 heteroatoms. The lowest BCUT2D eigenvalue weighted by atomic mass is 10.0. The minimum atomic E-state index is -0.171. The number of benzene rings is 4. The molecule has 0 saturated heterocycles. The minimum Gasteiger partial charge on any atom is -0.490 e. The average Bonchev–Trinajstić information content (AvgIpc) is 2.85. The number of nitrogens with one attached hydrogen (secondary N) is 1. The van der Waals surface area contributed by atoms with Gasteiger partial charge >= 0.3 is 0 Å². The van der Waals surface area contributed by atoms with E-state index in [1.54, 1.807) is 6.21 Å². The fourth-order valence-corrected chi connectivity index (χ4v) is 4.41. The summed E-state index contributed by atoms with van der Waals surface area (Å²) in [7, 11) is 0. The predicted octanol–water partition coefficient (Wildman–Crippen LogP) is 6.11. The van der Waals surface area contributed by atoms with Crippen molar-refractivity contribution in [2.24, 2.45) is 5.10 Å². The van der Waals surface area contributed by atoms with E-state index in [0.717, 1.165) is 31.0 Å². The standard InChI is InChI=1S/C28H25IN2O3/c1-2-33-26-16-21(15-25(29)28(26)34-19-20-9-4-3-5-10-20)18-30-31-27(32)17-23-13-8-12-22-11-6-7-14-24(22)23/h3-16,18H,2,17,19H2,1H3,(H,31,32)/b30-18-. The van der Waals surface area contributed by atoms with Crippen molar-refractivity contribution in [1.29, 1.82) is 0 Å². The monoisotopic (exact) mass is 564 g/mol. The van der Waals surface area contributed by atoms with Crippen molar-refractivity contribution in [1.82, 2.24) is 5.43 Å². The summed E-state index contributed by atoms with van der Waals surface area (Å²) in [4.78, 5) is 12.5. The second-order valence-corrected chi connectivity index (χ2v) is 8.81. The maximum absolute atomic E-state index is 12.5. The van der Waals surface area contributed by atoms with E-state index in [1.807, 2.05) is 91.9 Å². The van der Waals surface area contributed by atoms with Gasteiger partial charge in [-0.25, -0.2) is 5.43 Å². The van der Waals surface area contributed by atoms with Gasteiger partial charge in [0.05, 0.1) is 22.8 Å². The van der Waals surface area contributed by atoms with Gasteiger partial charge in [-0.15, -0.1) is 0 Å². The predicted molar refractivity (Wildman–Crippen MR) is 144 cm³/mol. The summed E-state index contributed by atoms with van der Waals surface area (Å²) < 4.78 is 12.8. The Labute approximate surface area is 212 Å². The first kappa shape index (κ1) is 23.8. The third kappa shape index (κ3) is 6.14. The van der Waals surface area contributed by atoms with Crippen LogP contribution < -0.4 is 14.9 Å². The molecule has 34 heavy (non-hydrogen) atoms. The Morgan fingerprint density at radius 3 is 2.56 bits per heavy atom. The number of carbonyl (C=O) groups excluding carboxylic acids is 1. The molecule has 0 aliphatic heterocycles. The van der Waals surface area contributed by atoms with Crippen LogP contribution in [0.4, 0.5) is 0 Å². The minimum absolute atomic E-state index is 0.171. The van der Waals surface area contributed by atoms with Gasteiger partial charge in [0.15, 0.2) is 11.5 Å². The van der Waals surface area contributed by atoms with Crippen LogP contribution in [0.25, 0.3) is 10.8 Å². The van der Waals surface area contributed by atoms with Crippen LogP contribution in [-0.4, -0.2) is 18.7 Å². The molecule has 0 aliphatic carbocycles. The molecule has 0 saturated carbocycles. The number of hydrogen-bond donors (Lipinski definition) is 1. The fraction of sp³-hybridized carbons (Fsp3) is 0.143. The van der Waals surface area contributed by atoms with Crippen LogP contribution in [0.5, 0.6) is 11.5 Å². The first-order valence-corrected chi connectivity index (χ1v) is 12.1. The van der Waals surface area contributed by atoms with Gasteiger partial charge in [0.1, 0.15) is 6.61 Å². The van der Waals surface area contributed by atoms with E-state index in [9.17, 15) is 4.79 Å². The van der Waals surface area contributed by atoms with Crippen LogP contribution in [0, 0.1) is 3.57 Å². The quantitative estimate of drug-likeness (QED) is 0.152. The van der Waals surface area contributed by atoms with Crippen LogP contribution in [0.1, 0.15) is 23.6 Å². The molecule has 0 radical (unpaired) electrons. The van der Waals surface area contributed by atoms with Crippen LogP contribution in [0.2, 0.25) is 0 Å². The number of halogens is 1.